The number of rotatable bonds is 5. The number of thiocarbonyl (C=S) groups is 1. The van der Waals surface area contributed by atoms with E-state index in [9.17, 15) is 4.79 Å². The number of benzene rings is 2. The van der Waals surface area contributed by atoms with Gasteiger partial charge in [-0.05, 0) is 36.6 Å². The Balaban J connectivity index is 1.90. The molecule has 0 unspecified atom stereocenters. The third-order valence-corrected chi connectivity index (χ3v) is 3.61. The minimum Gasteiger partial charge on any atom is -0.389 e. The van der Waals surface area contributed by atoms with Gasteiger partial charge in [0.25, 0.3) is 5.91 Å². The quantitative estimate of drug-likeness (QED) is 0.834. The minimum absolute atomic E-state index is 0.0851. The van der Waals surface area contributed by atoms with E-state index in [1.165, 1.54) is 11.1 Å². The average Bonchev–Trinajstić information content (AvgIpc) is 2.49. The maximum Gasteiger partial charge on any atom is 0.251 e. The molecule has 3 nitrogen and oxygen atoms in total. The van der Waals surface area contributed by atoms with Crippen LogP contribution in [-0.4, -0.2) is 17.4 Å². The van der Waals surface area contributed by atoms with Crippen LogP contribution in [0.15, 0.2) is 48.5 Å². The fourth-order valence-electron chi connectivity index (χ4n) is 2.09. The van der Waals surface area contributed by atoms with Crippen LogP contribution in [-0.2, 0) is 6.42 Å². The Labute approximate surface area is 130 Å². The number of aryl methyl sites for hydroxylation is 1. The molecule has 0 bridgehead atoms. The molecular formula is C17H18N2OS. The summed E-state index contributed by atoms with van der Waals surface area (Å²) in [6.07, 6.45) is 0.823. The van der Waals surface area contributed by atoms with Crippen molar-refractivity contribution in [2.24, 2.45) is 5.73 Å². The van der Waals surface area contributed by atoms with Crippen LogP contribution in [0, 0.1) is 6.92 Å². The first kappa shape index (κ1) is 15.2. The van der Waals surface area contributed by atoms with Crippen molar-refractivity contribution < 1.29 is 4.79 Å². The highest BCUT2D eigenvalue weighted by atomic mass is 32.1. The van der Waals surface area contributed by atoms with Crippen molar-refractivity contribution in [2.45, 2.75) is 13.3 Å². The molecule has 0 aliphatic heterocycles. The summed E-state index contributed by atoms with van der Waals surface area (Å²) in [6.45, 7) is 2.69. The Kier molecular flexibility index (Phi) is 5.06. The van der Waals surface area contributed by atoms with Crippen LogP contribution in [0.4, 0.5) is 0 Å². The number of hydrogen-bond acceptors (Lipinski definition) is 2. The monoisotopic (exact) mass is 298 g/mol. The van der Waals surface area contributed by atoms with E-state index in [0.29, 0.717) is 17.1 Å². The van der Waals surface area contributed by atoms with Crippen molar-refractivity contribution >= 4 is 23.1 Å². The van der Waals surface area contributed by atoms with Crippen LogP contribution >= 0.6 is 12.2 Å². The third kappa shape index (κ3) is 4.13. The largest absolute Gasteiger partial charge is 0.389 e. The lowest BCUT2D eigenvalue weighted by Gasteiger charge is -2.08. The Hall–Kier alpha value is -2.20. The summed E-state index contributed by atoms with van der Waals surface area (Å²) in [5.74, 6) is -0.0851. The molecule has 0 saturated heterocycles. The second-order valence-corrected chi connectivity index (χ2v) is 5.31. The molecule has 0 spiro atoms. The summed E-state index contributed by atoms with van der Waals surface area (Å²) in [4.78, 5) is 12.4. The standard InChI is InChI=1S/C17H18N2OS/c1-12-4-2-3-5-13(12)10-11-19-17(20)15-8-6-14(7-9-15)16(18)21/h2-9H,10-11H2,1H3,(H2,18,21)(H,19,20). The molecule has 4 heteroatoms. The van der Waals surface area contributed by atoms with Gasteiger partial charge in [0, 0.05) is 17.7 Å². The van der Waals surface area contributed by atoms with E-state index in [1.54, 1.807) is 24.3 Å². The number of carbonyl (C=O) groups excluding carboxylic acids is 1. The first-order valence-electron chi connectivity index (χ1n) is 6.80. The summed E-state index contributed by atoms with van der Waals surface area (Å²) in [5, 5.41) is 2.92. The molecule has 2 aromatic carbocycles. The van der Waals surface area contributed by atoms with Gasteiger partial charge >= 0.3 is 0 Å². The van der Waals surface area contributed by atoms with E-state index in [2.05, 4.69) is 24.4 Å². The topological polar surface area (TPSA) is 55.1 Å². The summed E-state index contributed by atoms with van der Waals surface area (Å²) >= 11 is 4.88. The molecule has 0 aliphatic rings. The van der Waals surface area contributed by atoms with E-state index < -0.39 is 0 Å². The summed E-state index contributed by atoms with van der Waals surface area (Å²) in [5.41, 5.74) is 9.40. The van der Waals surface area contributed by atoms with Crippen LogP contribution in [0.2, 0.25) is 0 Å². The fourth-order valence-corrected chi connectivity index (χ4v) is 2.23. The van der Waals surface area contributed by atoms with Gasteiger partial charge in [-0.3, -0.25) is 4.79 Å². The van der Waals surface area contributed by atoms with Crippen LogP contribution in [0.1, 0.15) is 27.0 Å². The summed E-state index contributed by atoms with van der Waals surface area (Å²) < 4.78 is 0. The molecule has 21 heavy (non-hydrogen) atoms. The lowest BCUT2D eigenvalue weighted by molar-refractivity contribution is 0.0954. The summed E-state index contributed by atoms with van der Waals surface area (Å²) in [7, 11) is 0. The molecular weight excluding hydrogens is 280 g/mol. The SMILES string of the molecule is Cc1ccccc1CCNC(=O)c1ccc(C(N)=S)cc1. The molecule has 0 fully saturated rings. The maximum atomic E-state index is 12.0. The predicted octanol–water partition coefficient (Wildman–Crippen LogP) is 2.60. The highest BCUT2D eigenvalue weighted by Gasteiger charge is 2.06. The van der Waals surface area contributed by atoms with Gasteiger partial charge in [0.1, 0.15) is 4.99 Å². The van der Waals surface area contributed by atoms with Crippen LogP contribution < -0.4 is 11.1 Å². The van der Waals surface area contributed by atoms with Gasteiger partial charge in [-0.15, -0.1) is 0 Å². The average molecular weight is 298 g/mol. The van der Waals surface area contributed by atoms with Gasteiger partial charge in [-0.25, -0.2) is 0 Å². The minimum atomic E-state index is -0.0851. The van der Waals surface area contributed by atoms with Crippen LogP contribution in [0.3, 0.4) is 0 Å². The van der Waals surface area contributed by atoms with Crippen molar-refractivity contribution in [2.75, 3.05) is 6.54 Å². The molecule has 0 aromatic heterocycles. The zero-order valence-electron chi connectivity index (χ0n) is 11.9. The first-order chi connectivity index (χ1) is 10.1. The number of hydrogen-bond donors (Lipinski definition) is 2. The molecule has 0 heterocycles. The smallest absolute Gasteiger partial charge is 0.251 e. The fraction of sp³-hybridized carbons (Fsp3) is 0.176. The van der Waals surface area contributed by atoms with E-state index in [1.807, 2.05) is 12.1 Å². The zero-order valence-corrected chi connectivity index (χ0v) is 12.7. The predicted molar refractivity (Wildman–Crippen MR) is 89.5 cm³/mol. The van der Waals surface area contributed by atoms with Crippen molar-refractivity contribution in [3.8, 4) is 0 Å². The van der Waals surface area contributed by atoms with Crippen molar-refractivity contribution in [3.05, 3.63) is 70.8 Å². The molecule has 1 amide bonds. The Morgan fingerprint density at radius 3 is 2.33 bits per heavy atom. The van der Waals surface area contributed by atoms with Gasteiger partial charge in [0.2, 0.25) is 0 Å². The molecule has 108 valence electrons. The molecule has 0 radical (unpaired) electrons. The number of carbonyl (C=O) groups is 1. The highest BCUT2D eigenvalue weighted by Crippen LogP contribution is 2.08. The number of nitrogens with one attached hydrogen (secondary N) is 1. The van der Waals surface area contributed by atoms with Crippen LogP contribution in [0.25, 0.3) is 0 Å². The van der Waals surface area contributed by atoms with Gasteiger partial charge in [-0.2, -0.15) is 0 Å². The van der Waals surface area contributed by atoms with Gasteiger partial charge < -0.3 is 11.1 Å². The van der Waals surface area contributed by atoms with E-state index >= 15 is 0 Å². The normalized spacial score (nSPS) is 10.1. The second-order valence-electron chi connectivity index (χ2n) is 4.87. The van der Waals surface area contributed by atoms with E-state index in [-0.39, 0.29) is 5.91 Å². The lowest BCUT2D eigenvalue weighted by Crippen LogP contribution is -2.26. The van der Waals surface area contributed by atoms with E-state index in [0.717, 1.165) is 12.0 Å². The molecule has 3 N–H and O–H groups in total. The maximum absolute atomic E-state index is 12.0. The Bertz CT molecular complexity index is 650. The van der Waals surface area contributed by atoms with Gasteiger partial charge in [0.05, 0.1) is 0 Å². The lowest BCUT2D eigenvalue weighted by atomic mass is 10.1. The molecule has 0 saturated carbocycles. The molecule has 0 atom stereocenters. The molecule has 2 aromatic rings. The van der Waals surface area contributed by atoms with Gasteiger partial charge in [0.15, 0.2) is 0 Å². The van der Waals surface area contributed by atoms with Crippen molar-refractivity contribution in [1.29, 1.82) is 0 Å². The van der Waals surface area contributed by atoms with E-state index in [4.69, 9.17) is 18.0 Å². The third-order valence-electron chi connectivity index (χ3n) is 3.37. The Morgan fingerprint density at radius 2 is 1.71 bits per heavy atom. The van der Waals surface area contributed by atoms with Crippen molar-refractivity contribution in [1.82, 2.24) is 5.32 Å². The second kappa shape index (κ2) is 6.99. The highest BCUT2D eigenvalue weighted by molar-refractivity contribution is 7.80. The van der Waals surface area contributed by atoms with Crippen LogP contribution in [0.5, 0.6) is 0 Å². The number of amides is 1. The van der Waals surface area contributed by atoms with Gasteiger partial charge in [-0.1, -0.05) is 48.6 Å². The number of nitrogens with two attached hydrogens (primary N) is 1. The zero-order chi connectivity index (χ0) is 15.2. The molecule has 0 aliphatic carbocycles. The molecule has 2 rings (SSSR count). The van der Waals surface area contributed by atoms with Crippen molar-refractivity contribution in [3.63, 3.8) is 0 Å². The first-order valence-corrected chi connectivity index (χ1v) is 7.21. The summed E-state index contributed by atoms with van der Waals surface area (Å²) in [6, 6.07) is 15.2. The Morgan fingerprint density at radius 1 is 1.10 bits per heavy atom.